The van der Waals surface area contributed by atoms with Gasteiger partial charge < -0.3 is 25.0 Å². The Bertz CT molecular complexity index is 1120. The maximum atomic E-state index is 12.0. The van der Waals surface area contributed by atoms with Crippen molar-refractivity contribution in [3.63, 3.8) is 0 Å². The van der Waals surface area contributed by atoms with E-state index < -0.39 is 12.1 Å². The number of ether oxygens (including phenoxy) is 2. The van der Waals surface area contributed by atoms with Crippen molar-refractivity contribution in [1.82, 2.24) is 10.6 Å². The van der Waals surface area contributed by atoms with Gasteiger partial charge in [0.15, 0.2) is 0 Å². The number of carbonyl (C=O) groups excluding carboxylic acids is 2. The summed E-state index contributed by atoms with van der Waals surface area (Å²) in [6.07, 6.45) is 0.452. The van der Waals surface area contributed by atoms with E-state index in [2.05, 4.69) is 10.6 Å². The predicted molar refractivity (Wildman–Crippen MR) is 133 cm³/mol. The predicted octanol–water partition coefficient (Wildman–Crippen LogP) is 4.88. The first-order valence-corrected chi connectivity index (χ1v) is 11.3. The molecule has 35 heavy (non-hydrogen) atoms. The Morgan fingerprint density at radius 1 is 0.829 bits per heavy atom. The van der Waals surface area contributed by atoms with Gasteiger partial charge in [-0.05, 0) is 86.3 Å². The van der Waals surface area contributed by atoms with Gasteiger partial charge in [0.05, 0.1) is 18.2 Å². The van der Waals surface area contributed by atoms with E-state index in [9.17, 15) is 9.59 Å². The molecule has 8 nitrogen and oxygen atoms in total. The number of nitrogens with one attached hydrogen (secondary N) is 2. The minimum Gasteiger partial charge on any atom is -0.508 e. The standard InChI is InChI=1S/C21H24N2O4.C6H6O2/c1-12(2)26-14-5-7-16-17-8-6-15(27-13(3)4)10-19(17)20(18(16)9-14)23-21(25)22-11-24;7-5-2-1-3-6(8)4-5/h5-13,20H,1-4H3,(H2,22,23,24,25);1-4,7-8H. The van der Waals surface area contributed by atoms with Crippen molar-refractivity contribution in [1.29, 1.82) is 0 Å². The zero-order valence-electron chi connectivity index (χ0n) is 20.1. The molecule has 4 rings (SSSR count). The molecule has 0 aliphatic heterocycles. The first-order valence-electron chi connectivity index (χ1n) is 11.3. The fourth-order valence-corrected chi connectivity index (χ4v) is 3.78. The van der Waals surface area contributed by atoms with Crippen molar-refractivity contribution < 1.29 is 29.3 Å². The Kier molecular flexibility index (Phi) is 8.20. The summed E-state index contributed by atoms with van der Waals surface area (Å²) in [5.74, 6) is 1.64. The minimum absolute atomic E-state index is 0.0441. The van der Waals surface area contributed by atoms with Crippen LogP contribution in [-0.4, -0.2) is 34.9 Å². The number of aromatic hydroxyl groups is 2. The molecule has 3 aromatic carbocycles. The van der Waals surface area contributed by atoms with Crippen LogP contribution < -0.4 is 20.1 Å². The van der Waals surface area contributed by atoms with Crippen LogP contribution in [0.3, 0.4) is 0 Å². The molecular weight excluding hydrogens is 448 g/mol. The van der Waals surface area contributed by atoms with Gasteiger partial charge in [0.1, 0.15) is 23.0 Å². The van der Waals surface area contributed by atoms with Crippen LogP contribution in [-0.2, 0) is 4.79 Å². The molecule has 0 radical (unpaired) electrons. The second-order valence-corrected chi connectivity index (χ2v) is 8.52. The number of fused-ring (bicyclic) bond motifs is 3. The average molecular weight is 479 g/mol. The highest BCUT2D eigenvalue weighted by molar-refractivity contribution is 5.87. The lowest BCUT2D eigenvalue weighted by atomic mass is 10.1. The lowest BCUT2D eigenvalue weighted by Gasteiger charge is -2.18. The fraction of sp³-hybridized carbons (Fsp3) is 0.259. The smallest absolute Gasteiger partial charge is 0.321 e. The average Bonchev–Trinajstić information content (AvgIpc) is 3.06. The summed E-state index contributed by atoms with van der Waals surface area (Å²) < 4.78 is 11.6. The van der Waals surface area contributed by atoms with Gasteiger partial charge in [-0.3, -0.25) is 10.1 Å². The van der Waals surface area contributed by atoms with Crippen molar-refractivity contribution in [3.05, 3.63) is 71.8 Å². The van der Waals surface area contributed by atoms with Crippen LogP contribution in [0.1, 0.15) is 44.9 Å². The van der Waals surface area contributed by atoms with E-state index >= 15 is 0 Å². The SMILES string of the molecule is CC(C)Oc1ccc2c(c1)C(NC(=O)NC=O)c1cc(OC(C)C)ccc1-2.Oc1cccc(O)c1. The van der Waals surface area contributed by atoms with E-state index in [4.69, 9.17) is 19.7 Å². The summed E-state index contributed by atoms with van der Waals surface area (Å²) in [5.41, 5.74) is 3.89. The number of hydrogen-bond donors (Lipinski definition) is 4. The molecule has 0 atom stereocenters. The van der Waals surface area contributed by atoms with Gasteiger partial charge in [-0.15, -0.1) is 0 Å². The largest absolute Gasteiger partial charge is 0.508 e. The Labute approximate surface area is 204 Å². The number of amides is 3. The number of phenolic OH excluding ortho intramolecular Hbond substituents is 2. The summed E-state index contributed by atoms with van der Waals surface area (Å²) in [6, 6.07) is 16.6. The molecule has 0 saturated heterocycles. The zero-order chi connectivity index (χ0) is 25.5. The molecule has 0 fully saturated rings. The zero-order valence-corrected chi connectivity index (χ0v) is 20.1. The number of benzene rings is 3. The molecule has 4 N–H and O–H groups in total. The molecule has 8 heteroatoms. The molecule has 0 heterocycles. The van der Waals surface area contributed by atoms with Crippen LogP contribution in [0.4, 0.5) is 4.79 Å². The van der Waals surface area contributed by atoms with Crippen LogP contribution in [0.15, 0.2) is 60.7 Å². The Morgan fingerprint density at radius 3 is 1.69 bits per heavy atom. The van der Waals surface area contributed by atoms with Gasteiger partial charge in [-0.1, -0.05) is 18.2 Å². The maximum absolute atomic E-state index is 12.0. The molecular formula is C27H30N2O6. The summed E-state index contributed by atoms with van der Waals surface area (Å²) in [4.78, 5) is 22.6. The van der Waals surface area contributed by atoms with Crippen LogP contribution in [0.2, 0.25) is 0 Å². The summed E-state index contributed by atoms with van der Waals surface area (Å²) >= 11 is 0. The van der Waals surface area contributed by atoms with Crippen molar-refractivity contribution in [2.45, 2.75) is 45.9 Å². The van der Waals surface area contributed by atoms with Crippen molar-refractivity contribution >= 4 is 12.4 Å². The number of hydrogen-bond acceptors (Lipinski definition) is 6. The van der Waals surface area contributed by atoms with Crippen LogP contribution in [0.5, 0.6) is 23.0 Å². The van der Waals surface area contributed by atoms with E-state index in [0.717, 1.165) is 33.8 Å². The van der Waals surface area contributed by atoms with E-state index in [1.54, 1.807) is 6.07 Å². The van der Waals surface area contributed by atoms with Gasteiger partial charge in [-0.25, -0.2) is 4.79 Å². The monoisotopic (exact) mass is 478 g/mol. The van der Waals surface area contributed by atoms with Gasteiger partial charge >= 0.3 is 6.03 Å². The second kappa shape index (κ2) is 11.3. The van der Waals surface area contributed by atoms with E-state index in [1.165, 1.54) is 18.2 Å². The van der Waals surface area contributed by atoms with E-state index in [-0.39, 0.29) is 23.7 Å². The molecule has 0 bridgehead atoms. The van der Waals surface area contributed by atoms with Gasteiger partial charge in [0, 0.05) is 6.07 Å². The van der Waals surface area contributed by atoms with Crippen molar-refractivity contribution in [2.24, 2.45) is 0 Å². The highest BCUT2D eigenvalue weighted by atomic mass is 16.5. The van der Waals surface area contributed by atoms with Gasteiger partial charge in [-0.2, -0.15) is 0 Å². The molecule has 0 spiro atoms. The molecule has 1 aliphatic carbocycles. The number of rotatable bonds is 6. The molecule has 3 aromatic rings. The third-order valence-corrected chi connectivity index (χ3v) is 5.00. The minimum atomic E-state index is -0.556. The van der Waals surface area contributed by atoms with Gasteiger partial charge in [0.2, 0.25) is 6.41 Å². The highest BCUT2D eigenvalue weighted by Crippen LogP contribution is 2.46. The molecule has 0 unspecified atom stereocenters. The Morgan fingerprint density at radius 2 is 1.31 bits per heavy atom. The second-order valence-electron chi connectivity index (χ2n) is 8.52. The summed E-state index contributed by atoms with van der Waals surface area (Å²) in [6.45, 7) is 7.85. The topological polar surface area (TPSA) is 117 Å². The lowest BCUT2D eigenvalue weighted by molar-refractivity contribution is -0.108. The number of carbonyl (C=O) groups is 2. The molecule has 3 amide bonds. The van der Waals surface area contributed by atoms with Gasteiger partial charge in [0.25, 0.3) is 0 Å². The van der Waals surface area contributed by atoms with E-state index in [1.807, 2.05) is 64.1 Å². The Hall–Kier alpha value is -4.20. The number of phenols is 2. The van der Waals surface area contributed by atoms with Crippen molar-refractivity contribution in [2.75, 3.05) is 0 Å². The fourth-order valence-electron chi connectivity index (χ4n) is 3.78. The third-order valence-electron chi connectivity index (χ3n) is 5.00. The van der Waals surface area contributed by atoms with Crippen molar-refractivity contribution in [3.8, 4) is 34.1 Å². The van der Waals surface area contributed by atoms with Crippen LogP contribution in [0.25, 0.3) is 11.1 Å². The molecule has 0 aromatic heterocycles. The normalized spacial score (nSPS) is 11.7. The lowest BCUT2D eigenvalue weighted by Crippen LogP contribution is -2.37. The molecule has 184 valence electrons. The third kappa shape index (κ3) is 6.66. The number of imide groups is 1. The first-order chi connectivity index (χ1) is 16.7. The number of urea groups is 1. The summed E-state index contributed by atoms with van der Waals surface area (Å²) in [7, 11) is 0. The van der Waals surface area contributed by atoms with Crippen LogP contribution in [0, 0.1) is 0 Å². The van der Waals surface area contributed by atoms with E-state index in [0.29, 0.717) is 6.41 Å². The summed E-state index contributed by atoms with van der Waals surface area (Å²) in [5, 5.41) is 22.3. The first kappa shape index (κ1) is 25.4. The quantitative estimate of drug-likeness (QED) is 0.375. The Balaban J connectivity index is 0.000000363. The highest BCUT2D eigenvalue weighted by Gasteiger charge is 2.31. The maximum Gasteiger partial charge on any atom is 0.321 e. The molecule has 1 aliphatic rings. The molecule has 0 saturated carbocycles. The van der Waals surface area contributed by atoms with Crippen LogP contribution >= 0.6 is 0 Å².